The van der Waals surface area contributed by atoms with Gasteiger partial charge >= 0.3 is 0 Å². The molecule has 2 rings (SSSR count). The second-order valence-corrected chi connectivity index (χ2v) is 8.25. The van der Waals surface area contributed by atoms with E-state index in [1.54, 1.807) is 31.4 Å². The molecular formula is C20H26N2O4S. The van der Waals surface area contributed by atoms with Crippen LogP contribution in [0.15, 0.2) is 48.5 Å². The third-order valence-corrected chi connectivity index (χ3v) is 5.34. The van der Waals surface area contributed by atoms with Crippen LogP contribution in [-0.2, 0) is 21.3 Å². The minimum absolute atomic E-state index is 0.192. The fraction of sp³-hybridized carbons (Fsp3) is 0.350. The molecule has 0 bridgehead atoms. The number of methoxy groups -OCH3 is 1. The fourth-order valence-electron chi connectivity index (χ4n) is 2.64. The zero-order chi connectivity index (χ0) is 19.9. The van der Waals surface area contributed by atoms with E-state index in [2.05, 4.69) is 5.32 Å². The third-order valence-electron chi connectivity index (χ3n) is 4.20. The summed E-state index contributed by atoms with van der Waals surface area (Å²) in [6, 6.07) is 14.3. The SMILES string of the molecule is COCCCNC(=O)c1ccc(N(Cc2ccccc2C)S(C)(=O)=O)cc1. The van der Waals surface area contributed by atoms with Gasteiger partial charge in [-0.05, 0) is 48.7 Å². The number of sulfonamides is 1. The summed E-state index contributed by atoms with van der Waals surface area (Å²) in [6.07, 6.45) is 1.92. The van der Waals surface area contributed by atoms with Crippen molar-refractivity contribution in [3.8, 4) is 0 Å². The maximum Gasteiger partial charge on any atom is 0.251 e. The van der Waals surface area contributed by atoms with Crippen molar-refractivity contribution < 1.29 is 17.9 Å². The third kappa shape index (κ3) is 6.08. The first kappa shape index (κ1) is 20.9. The number of hydrogen-bond acceptors (Lipinski definition) is 4. The molecule has 0 aliphatic carbocycles. The Bertz CT molecular complexity index is 864. The number of nitrogens with one attached hydrogen (secondary N) is 1. The van der Waals surface area contributed by atoms with Crippen molar-refractivity contribution in [2.45, 2.75) is 19.9 Å². The van der Waals surface area contributed by atoms with Crippen LogP contribution in [-0.4, -0.2) is 40.8 Å². The Balaban J connectivity index is 2.15. The van der Waals surface area contributed by atoms with Gasteiger partial charge < -0.3 is 10.1 Å². The van der Waals surface area contributed by atoms with Crippen molar-refractivity contribution in [2.75, 3.05) is 30.8 Å². The summed E-state index contributed by atoms with van der Waals surface area (Å²) in [5, 5.41) is 2.81. The number of carbonyl (C=O) groups is 1. The number of benzene rings is 2. The minimum atomic E-state index is -3.47. The van der Waals surface area contributed by atoms with Gasteiger partial charge in [0.2, 0.25) is 10.0 Å². The highest BCUT2D eigenvalue weighted by Crippen LogP contribution is 2.22. The monoisotopic (exact) mass is 390 g/mol. The van der Waals surface area contributed by atoms with Crippen LogP contribution in [0.3, 0.4) is 0 Å². The Labute approximate surface area is 161 Å². The van der Waals surface area contributed by atoms with E-state index in [1.807, 2.05) is 31.2 Å². The van der Waals surface area contributed by atoms with Crippen molar-refractivity contribution >= 4 is 21.6 Å². The Morgan fingerprint density at radius 1 is 1.11 bits per heavy atom. The molecule has 1 amide bonds. The lowest BCUT2D eigenvalue weighted by Gasteiger charge is -2.23. The molecule has 7 heteroatoms. The van der Waals surface area contributed by atoms with Crippen LogP contribution in [0.2, 0.25) is 0 Å². The van der Waals surface area contributed by atoms with Crippen molar-refractivity contribution in [3.05, 3.63) is 65.2 Å². The van der Waals surface area contributed by atoms with Crippen molar-refractivity contribution in [2.24, 2.45) is 0 Å². The average molecular weight is 391 g/mol. The molecule has 0 heterocycles. The van der Waals surface area contributed by atoms with E-state index in [-0.39, 0.29) is 12.5 Å². The molecule has 0 fully saturated rings. The Hall–Kier alpha value is -2.38. The highest BCUT2D eigenvalue weighted by molar-refractivity contribution is 7.92. The molecule has 0 saturated carbocycles. The predicted octanol–water partition coefficient (Wildman–Crippen LogP) is 2.73. The molecule has 0 aliphatic heterocycles. The standard InChI is InChI=1S/C20H26N2O4S/c1-16-7-4-5-8-18(16)15-22(27(3,24)25)19-11-9-17(10-12-19)20(23)21-13-6-14-26-2/h4-5,7-12H,6,13-15H2,1-3H3,(H,21,23). The zero-order valence-electron chi connectivity index (χ0n) is 15.9. The molecule has 0 saturated heterocycles. The van der Waals surface area contributed by atoms with Gasteiger partial charge in [0.25, 0.3) is 5.91 Å². The van der Waals surface area contributed by atoms with Crippen LogP contribution in [0.5, 0.6) is 0 Å². The molecule has 146 valence electrons. The molecular weight excluding hydrogens is 364 g/mol. The summed E-state index contributed by atoms with van der Waals surface area (Å²) in [5.74, 6) is -0.192. The highest BCUT2D eigenvalue weighted by Gasteiger charge is 2.19. The summed E-state index contributed by atoms with van der Waals surface area (Å²) < 4.78 is 30.9. The number of amides is 1. The maximum atomic E-state index is 12.3. The Morgan fingerprint density at radius 2 is 1.78 bits per heavy atom. The molecule has 2 aromatic carbocycles. The first-order chi connectivity index (χ1) is 12.8. The van der Waals surface area contributed by atoms with E-state index in [0.29, 0.717) is 24.4 Å². The summed E-state index contributed by atoms with van der Waals surface area (Å²) in [7, 11) is -1.85. The second kappa shape index (κ2) is 9.53. The van der Waals surface area contributed by atoms with Gasteiger partial charge in [-0.1, -0.05) is 24.3 Å². The quantitative estimate of drug-likeness (QED) is 0.668. The lowest BCUT2D eigenvalue weighted by atomic mass is 10.1. The topological polar surface area (TPSA) is 75.7 Å². The molecule has 1 N–H and O–H groups in total. The molecule has 2 aromatic rings. The van der Waals surface area contributed by atoms with Gasteiger partial charge in [0, 0.05) is 25.8 Å². The lowest BCUT2D eigenvalue weighted by molar-refractivity contribution is 0.0948. The molecule has 0 spiro atoms. The minimum Gasteiger partial charge on any atom is -0.385 e. The van der Waals surface area contributed by atoms with Crippen LogP contribution in [0.1, 0.15) is 27.9 Å². The Morgan fingerprint density at radius 3 is 2.37 bits per heavy atom. The largest absolute Gasteiger partial charge is 0.385 e. The van der Waals surface area contributed by atoms with Gasteiger partial charge in [-0.25, -0.2) is 8.42 Å². The maximum absolute atomic E-state index is 12.3. The number of anilines is 1. The van der Waals surface area contributed by atoms with Crippen LogP contribution >= 0.6 is 0 Å². The van der Waals surface area contributed by atoms with Gasteiger partial charge in [-0.15, -0.1) is 0 Å². The Kier molecular flexibility index (Phi) is 7.38. The number of hydrogen-bond donors (Lipinski definition) is 1. The number of aryl methyl sites for hydroxylation is 1. The number of carbonyl (C=O) groups excluding carboxylic acids is 1. The molecule has 0 aromatic heterocycles. The van der Waals surface area contributed by atoms with Crippen LogP contribution in [0.4, 0.5) is 5.69 Å². The average Bonchev–Trinajstić information content (AvgIpc) is 2.63. The lowest BCUT2D eigenvalue weighted by Crippen LogP contribution is -2.30. The fourth-order valence-corrected chi connectivity index (χ4v) is 3.52. The van der Waals surface area contributed by atoms with Crippen LogP contribution < -0.4 is 9.62 Å². The smallest absolute Gasteiger partial charge is 0.251 e. The molecule has 27 heavy (non-hydrogen) atoms. The van der Waals surface area contributed by atoms with E-state index in [0.717, 1.165) is 17.5 Å². The van der Waals surface area contributed by atoms with E-state index >= 15 is 0 Å². The van der Waals surface area contributed by atoms with E-state index in [9.17, 15) is 13.2 Å². The van der Waals surface area contributed by atoms with Crippen molar-refractivity contribution in [1.82, 2.24) is 5.32 Å². The summed E-state index contributed by atoms with van der Waals surface area (Å²) in [5.41, 5.74) is 2.97. The van der Waals surface area contributed by atoms with E-state index in [1.165, 1.54) is 10.6 Å². The predicted molar refractivity (Wildman–Crippen MR) is 107 cm³/mol. The first-order valence-corrected chi connectivity index (χ1v) is 10.6. The molecule has 0 aliphatic rings. The van der Waals surface area contributed by atoms with Crippen LogP contribution in [0.25, 0.3) is 0 Å². The van der Waals surface area contributed by atoms with E-state index < -0.39 is 10.0 Å². The van der Waals surface area contributed by atoms with Gasteiger partial charge in [-0.2, -0.15) is 0 Å². The summed E-state index contributed by atoms with van der Waals surface area (Å²) in [4.78, 5) is 12.1. The molecule has 0 unspecified atom stereocenters. The zero-order valence-corrected chi connectivity index (χ0v) is 16.8. The van der Waals surface area contributed by atoms with Gasteiger partial charge in [0.1, 0.15) is 0 Å². The van der Waals surface area contributed by atoms with Crippen LogP contribution in [0, 0.1) is 6.92 Å². The molecule has 0 atom stereocenters. The number of ether oxygens (including phenoxy) is 1. The first-order valence-electron chi connectivity index (χ1n) is 8.72. The highest BCUT2D eigenvalue weighted by atomic mass is 32.2. The molecule has 0 radical (unpaired) electrons. The van der Waals surface area contributed by atoms with Gasteiger partial charge in [0.15, 0.2) is 0 Å². The van der Waals surface area contributed by atoms with Gasteiger partial charge in [0.05, 0.1) is 18.5 Å². The van der Waals surface area contributed by atoms with Crippen molar-refractivity contribution in [3.63, 3.8) is 0 Å². The normalized spacial score (nSPS) is 11.2. The summed E-state index contributed by atoms with van der Waals surface area (Å²) >= 11 is 0. The summed E-state index contributed by atoms with van der Waals surface area (Å²) in [6.45, 7) is 3.31. The number of nitrogens with zero attached hydrogens (tertiary/aromatic N) is 1. The molecule has 6 nitrogen and oxygen atoms in total. The number of rotatable bonds is 9. The van der Waals surface area contributed by atoms with Gasteiger partial charge in [-0.3, -0.25) is 9.10 Å². The van der Waals surface area contributed by atoms with E-state index in [4.69, 9.17) is 4.74 Å². The second-order valence-electron chi connectivity index (χ2n) is 6.35. The van der Waals surface area contributed by atoms with Crippen molar-refractivity contribution in [1.29, 1.82) is 0 Å².